The Morgan fingerprint density at radius 3 is 2.20 bits per heavy atom. The van der Waals surface area contributed by atoms with Crippen LogP contribution in [0.15, 0.2) is 0 Å². The van der Waals surface area contributed by atoms with Gasteiger partial charge in [-0.15, -0.1) is 0 Å². The summed E-state index contributed by atoms with van der Waals surface area (Å²) in [6.07, 6.45) is 4.01. The van der Waals surface area contributed by atoms with Crippen LogP contribution in [0.1, 0.15) is 39.5 Å². The lowest BCUT2D eigenvalue weighted by molar-refractivity contribution is 0.400. The van der Waals surface area contributed by atoms with Gasteiger partial charge in [0.2, 0.25) is 0 Å². The van der Waals surface area contributed by atoms with Crippen molar-refractivity contribution in [1.82, 2.24) is 5.32 Å². The van der Waals surface area contributed by atoms with Crippen molar-refractivity contribution in [3.8, 4) is 0 Å². The average molecular weight is 231 g/mol. The first-order valence-corrected chi connectivity index (χ1v) is 7.66. The minimum atomic E-state index is -2.85. The van der Waals surface area contributed by atoms with E-state index in [-0.39, 0.29) is 11.2 Å². The van der Waals surface area contributed by atoms with E-state index >= 15 is 0 Å². The molecule has 1 unspecified atom stereocenters. The maximum atomic E-state index is 12.1. The number of sulfone groups is 1. The summed E-state index contributed by atoms with van der Waals surface area (Å²) in [5.41, 5.74) is 0. The van der Waals surface area contributed by atoms with Crippen molar-refractivity contribution in [2.75, 3.05) is 5.75 Å². The molecule has 0 amide bonds. The Kier molecular flexibility index (Phi) is 3.08. The molecule has 2 heterocycles. The molecule has 0 saturated carbocycles. The number of hydrogen-bond acceptors (Lipinski definition) is 3. The fraction of sp³-hybridized carbons (Fsp3) is 1.00. The Labute approximate surface area is 92.6 Å². The fourth-order valence-corrected chi connectivity index (χ4v) is 5.15. The van der Waals surface area contributed by atoms with Gasteiger partial charge in [0.05, 0.1) is 11.0 Å². The van der Waals surface area contributed by atoms with Crippen molar-refractivity contribution in [3.63, 3.8) is 0 Å². The van der Waals surface area contributed by atoms with Gasteiger partial charge in [0, 0.05) is 12.1 Å². The quantitative estimate of drug-likeness (QED) is 0.797. The van der Waals surface area contributed by atoms with Gasteiger partial charge in [-0.05, 0) is 31.6 Å². The minimum Gasteiger partial charge on any atom is -0.311 e. The summed E-state index contributed by atoms with van der Waals surface area (Å²) >= 11 is 0. The topological polar surface area (TPSA) is 46.2 Å². The predicted molar refractivity (Wildman–Crippen MR) is 61.6 cm³/mol. The van der Waals surface area contributed by atoms with Crippen LogP contribution in [0.5, 0.6) is 0 Å². The second-order valence-electron chi connectivity index (χ2n) is 5.45. The SMILES string of the molecule is CC(C)CS(=O)(=O)C1C[C@H]2CC[C@@H](C1)N2. The number of hydrogen-bond donors (Lipinski definition) is 1. The molecule has 0 aromatic heterocycles. The van der Waals surface area contributed by atoms with Crippen LogP contribution in [0, 0.1) is 5.92 Å². The molecule has 2 bridgehead atoms. The molecule has 0 aliphatic carbocycles. The molecule has 2 saturated heterocycles. The van der Waals surface area contributed by atoms with E-state index in [0.717, 1.165) is 12.8 Å². The van der Waals surface area contributed by atoms with Crippen LogP contribution in [0.2, 0.25) is 0 Å². The standard InChI is InChI=1S/C11H21NO2S/c1-8(2)7-15(13,14)11-5-9-3-4-10(6-11)12-9/h8-12H,3-7H2,1-2H3/t9-,10+,11?. The molecule has 2 rings (SSSR count). The highest BCUT2D eigenvalue weighted by Gasteiger charge is 2.39. The smallest absolute Gasteiger partial charge is 0.153 e. The van der Waals surface area contributed by atoms with Crippen LogP contribution in [-0.4, -0.2) is 31.5 Å². The second kappa shape index (κ2) is 4.06. The summed E-state index contributed by atoms with van der Waals surface area (Å²) in [4.78, 5) is 0. The summed E-state index contributed by atoms with van der Waals surface area (Å²) in [5, 5.41) is 3.41. The average Bonchev–Trinajstić information content (AvgIpc) is 2.43. The molecule has 2 fully saturated rings. The Balaban J connectivity index is 2.05. The van der Waals surface area contributed by atoms with Crippen LogP contribution in [-0.2, 0) is 9.84 Å². The predicted octanol–water partition coefficient (Wildman–Crippen LogP) is 1.34. The zero-order valence-electron chi connectivity index (χ0n) is 9.57. The molecular weight excluding hydrogens is 210 g/mol. The van der Waals surface area contributed by atoms with Crippen molar-refractivity contribution < 1.29 is 8.42 Å². The summed E-state index contributed by atoms with van der Waals surface area (Å²) < 4.78 is 24.2. The monoisotopic (exact) mass is 231 g/mol. The summed E-state index contributed by atoms with van der Waals surface area (Å²) in [5.74, 6) is 0.611. The van der Waals surface area contributed by atoms with E-state index in [9.17, 15) is 8.42 Å². The third-order valence-electron chi connectivity index (χ3n) is 3.50. The first kappa shape index (κ1) is 11.4. The van der Waals surface area contributed by atoms with Gasteiger partial charge in [-0.2, -0.15) is 0 Å². The van der Waals surface area contributed by atoms with Gasteiger partial charge in [-0.25, -0.2) is 8.42 Å². The first-order chi connectivity index (χ1) is 6.97. The molecule has 0 aromatic rings. The molecule has 0 aromatic carbocycles. The van der Waals surface area contributed by atoms with E-state index in [1.54, 1.807) is 0 Å². The molecule has 3 nitrogen and oxygen atoms in total. The Morgan fingerprint density at radius 2 is 1.73 bits per heavy atom. The van der Waals surface area contributed by atoms with Crippen molar-refractivity contribution in [2.45, 2.75) is 56.9 Å². The van der Waals surface area contributed by atoms with E-state index in [1.165, 1.54) is 12.8 Å². The van der Waals surface area contributed by atoms with E-state index in [0.29, 0.717) is 17.8 Å². The lowest BCUT2D eigenvalue weighted by Gasteiger charge is -2.29. The van der Waals surface area contributed by atoms with Gasteiger partial charge < -0.3 is 5.32 Å². The molecule has 0 spiro atoms. The van der Waals surface area contributed by atoms with E-state index in [2.05, 4.69) is 5.32 Å². The molecule has 4 heteroatoms. The van der Waals surface area contributed by atoms with Crippen LogP contribution < -0.4 is 5.32 Å². The lowest BCUT2D eigenvalue weighted by atomic mass is 10.1. The van der Waals surface area contributed by atoms with Crippen LogP contribution in [0.4, 0.5) is 0 Å². The Bertz CT molecular complexity index is 311. The zero-order valence-corrected chi connectivity index (χ0v) is 10.4. The van der Waals surface area contributed by atoms with Crippen LogP contribution in [0.3, 0.4) is 0 Å². The molecule has 15 heavy (non-hydrogen) atoms. The normalized spacial score (nSPS) is 36.1. The van der Waals surface area contributed by atoms with Gasteiger partial charge in [0.1, 0.15) is 0 Å². The zero-order chi connectivity index (χ0) is 11.1. The van der Waals surface area contributed by atoms with Crippen molar-refractivity contribution in [3.05, 3.63) is 0 Å². The van der Waals surface area contributed by atoms with Crippen LogP contribution in [0.25, 0.3) is 0 Å². The third kappa shape index (κ3) is 2.53. The van der Waals surface area contributed by atoms with Gasteiger partial charge in [-0.1, -0.05) is 13.8 Å². The number of rotatable bonds is 3. The minimum absolute atomic E-state index is 0.0707. The van der Waals surface area contributed by atoms with E-state index < -0.39 is 9.84 Å². The van der Waals surface area contributed by atoms with Crippen molar-refractivity contribution in [1.29, 1.82) is 0 Å². The van der Waals surface area contributed by atoms with Gasteiger partial charge >= 0.3 is 0 Å². The fourth-order valence-electron chi connectivity index (χ4n) is 2.90. The Morgan fingerprint density at radius 1 is 1.20 bits per heavy atom. The number of piperidine rings is 1. The maximum absolute atomic E-state index is 12.1. The third-order valence-corrected chi connectivity index (χ3v) is 6.04. The van der Waals surface area contributed by atoms with Crippen molar-refractivity contribution in [2.24, 2.45) is 5.92 Å². The largest absolute Gasteiger partial charge is 0.311 e. The van der Waals surface area contributed by atoms with E-state index in [4.69, 9.17) is 0 Å². The summed E-state index contributed by atoms with van der Waals surface area (Å²) in [6, 6.07) is 0.936. The summed E-state index contributed by atoms with van der Waals surface area (Å²) in [6.45, 7) is 3.96. The van der Waals surface area contributed by atoms with Gasteiger partial charge in [0.15, 0.2) is 9.84 Å². The number of fused-ring (bicyclic) bond motifs is 2. The summed E-state index contributed by atoms with van der Waals surface area (Å²) in [7, 11) is -2.85. The molecule has 88 valence electrons. The molecule has 2 aliphatic rings. The number of nitrogens with one attached hydrogen (secondary N) is 1. The van der Waals surface area contributed by atoms with Gasteiger partial charge in [-0.3, -0.25) is 0 Å². The maximum Gasteiger partial charge on any atom is 0.153 e. The van der Waals surface area contributed by atoms with Crippen LogP contribution >= 0.6 is 0 Å². The van der Waals surface area contributed by atoms with E-state index in [1.807, 2.05) is 13.8 Å². The van der Waals surface area contributed by atoms with Crippen molar-refractivity contribution >= 4 is 9.84 Å². The molecule has 2 aliphatic heterocycles. The highest BCUT2D eigenvalue weighted by molar-refractivity contribution is 7.92. The highest BCUT2D eigenvalue weighted by Crippen LogP contribution is 2.31. The van der Waals surface area contributed by atoms with Gasteiger partial charge in [0.25, 0.3) is 0 Å². The molecular formula is C11H21NO2S. The first-order valence-electron chi connectivity index (χ1n) is 5.95. The second-order valence-corrected chi connectivity index (χ2v) is 7.78. The lowest BCUT2D eigenvalue weighted by Crippen LogP contribution is -2.44. The molecule has 1 N–H and O–H groups in total. The Hall–Kier alpha value is -0.0900. The molecule has 0 radical (unpaired) electrons. The molecule has 3 atom stereocenters. The highest BCUT2D eigenvalue weighted by atomic mass is 32.2.